The van der Waals surface area contributed by atoms with Crippen molar-refractivity contribution < 1.29 is 27.8 Å². The number of aromatic carboxylic acids is 1. The first-order chi connectivity index (χ1) is 11.8. The number of benzene rings is 2. The van der Waals surface area contributed by atoms with E-state index in [9.17, 15) is 13.2 Å². The molecule has 0 aliphatic carbocycles. The van der Waals surface area contributed by atoms with Crippen molar-refractivity contribution in [3.8, 4) is 11.5 Å². The van der Waals surface area contributed by atoms with E-state index in [1.54, 1.807) is 12.3 Å². The Balaban J connectivity index is 2.47. The average Bonchev–Trinajstić information content (AvgIpc) is 2.60. The normalized spacial score (nSPS) is 11.0. The van der Waals surface area contributed by atoms with Crippen molar-refractivity contribution >= 4 is 33.4 Å². The molecule has 0 aliphatic heterocycles. The summed E-state index contributed by atoms with van der Waals surface area (Å²) in [6, 6.07) is 8.60. The maximum atomic E-state index is 12.8. The summed E-state index contributed by atoms with van der Waals surface area (Å²) >= 11 is 1.23. The van der Waals surface area contributed by atoms with Crippen LogP contribution in [0.5, 0.6) is 11.5 Å². The summed E-state index contributed by atoms with van der Waals surface area (Å²) in [5.74, 6) is -0.548. The molecule has 0 heterocycles. The Morgan fingerprint density at radius 1 is 1.12 bits per heavy atom. The van der Waals surface area contributed by atoms with Gasteiger partial charge in [-0.1, -0.05) is 0 Å². The first-order valence-corrected chi connectivity index (χ1v) is 9.69. The number of thioether (sulfide) groups is 1. The lowest BCUT2D eigenvalue weighted by molar-refractivity contribution is 0.0696. The number of carboxylic acids is 1. The standard InChI is InChI=1S/C16H17NO6S2/c1-22-11-5-7-13(23-2)15(9-11)25(20,21)17-12-6-4-10(16(18)19)8-14(12)24-3/h4-9,17H,1-3H3,(H,18,19). The first kappa shape index (κ1) is 18.9. The van der Waals surface area contributed by atoms with Crippen molar-refractivity contribution in [1.82, 2.24) is 0 Å². The van der Waals surface area contributed by atoms with Gasteiger partial charge in [-0.3, -0.25) is 4.72 Å². The molecule has 25 heavy (non-hydrogen) atoms. The largest absolute Gasteiger partial charge is 0.497 e. The summed E-state index contributed by atoms with van der Waals surface area (Å²) in [7, 11) is -1.17. The van der Waals surface area contributed by atoms with Crippen LogP contribution < -0.4 is 14.2 Å². The second-order valence-electron chi connectivity index (χ2n) is 4.84. The number of anilines is 1. The number of hydrogen-bond donors (Lipinski definition) is 2. The fourth-order valence-corrected chi connectivity index (χ4v) is 4.02. The Bertz CT molecular complexity index is 895. The summed E-state index contributed by atoms with van der Waals surface area (Å²) < 4.78 is 38.2. The van der Waals surface area contributed by atoms with E-state index in [-0.39, 0.29) is 21.9 Å². The van der Waals surface area contributed by atoms with Gasteiger partial charge in [-0.25, -0.2) is 13.2 Å². The van der Waals surface area contributed by atoms with E-state index in [0.29, 0.717) is 10.6 Å². The third-order valence-corrected chi connectivity index (χ3v) is 5.52. The number of methoxy groups -OCH3 is 2. The lowest BCUT2D eigenvalue weighted by Crippen LogP contribution is -2.15. The Kier molecular flexibility index (Phi) is 5.81. The van der Waals surface area contributed by atoms with Crippen LogP contribution in [0.1, 0.15) is 10.4 Å². The summed E-state index contributed by atoms with van der Waals surface area (Å²) in [5, 5.41) is 9.05. The predicted octanol–water partition coefficient (Wildman–Crippen LogP) is 2.92. The Morgan fingerprint density at radius 2 is 1.84 bits per heavy atom. The van der Waals surface area contributed by atoms with Crippen LogP contribution in [0.4, 0.5) is 5.69 Å². The lowest BCUT2D eigenvalue weighted by Gasteiger charge is -2.15. The number of carbonyl (C=O) groups is 1. The summed E-state index contributed by atoms with van der Waals surface area (Å²) in [4.78, 5) is 11.5. The molecule has 0 saturated heterocycles. The molecule has 0 spiro atoms. The number of hydrogen-bond acceptors (Lipinski definition) is 6. The monoisotopic (exact) mass is 383 g/mol. The highest BCUT2D eigenvalue weighted by molar-refractivity contribution is 7.99. The quantitative estimate of drug-likeness (QED) is 0.709. The Hall–Kier alpha value is -2.39. The van der Waals surface area contributed by atoms with Crippen LogP contribution >= 0.6 is 11.8 Å². The van der Waals surface area contributed by atoms with Gasteiger partial charge in [-0.05, 0) is 36.6 Å². The zero-order chi connectivity index (χ0) is 18.6. The lowest BCUT2D eigenvalue weighted by atomic mass is 10.2. The zero-order valence-corrected chi connectivity index (χ0v) is 15.4. The highest BCUT2D eigenvalue weighted by atomic mass is 32.2. The Labute approximate surface area is 150 Å². The topological polar surface area (TPSA) is 102 Å². The molecule has 0 fully saturated rings. The van der Waals surface area contributed by atoms with Gasteiger partial charge in [0, 0.05) is 11.0 Å². The van der Waals surface area contributed by atoms with Crippen molar-refractivity contribution in [3.63, 3.8) is 0 Å². The minimum absolute atomic E-state index is 0.0752. The van der Waals surface area contributed by atoms with Gasteiger partial charge < -0.3 is 14.6 Å². The SMILES string of the molecule is COc1ccc(OC)c(S(=O)(=O)Nc2ccc(C(=O)O)cc2SC)c1. The maximum Gasteiger partial charge on any atom is 0.335 e. The highest BCUT2D eigenvalue weighted by Crippen LogP contribution is 2.32. The molecule has 7 nitrogen and oxygen atoms in total. The second-order valence-corrected chi connectivity index (χ2v) is 7.34. The molecule has 0 radical (unpaired) electrons. The summed E-state index contributed by atoms with van der Waals surface area (Å²) in [6.07, 6.45) is 1.73. The second kappa shape index (κ2) is 7.66. The molecule has 2 aromatic rings. The number of nitrogens with one attached hydrogen (secondary N) is 1. The first-order valence-electron chi connectivity index (χ1n) is 6.98. The van der Waals surface area contributed by atoms with Gasteiger partial charge in [0.15, 0.2) is 0 Å². The van der Waals surface area contributed by atoms with Crippen LogP contribution in [0.3, 0.4) is 0 Å². The van der Waals surface area contributed by atoms with Crippen molar-refractivity contribution in [2.24, 2.45) is 0 Å². The molecular weight excluding hydrogens is 366 g/mol. The van der Waals surface area contributed by atoms with Crippen LogP contribution in [-0.2, 0) is 10.0 Å². The van der Waals surface area contributed by atoms with E-state index in [1.165, 1.54) is 56.3 Å². The smallest absolute Gasteiger partial charge is 0.335 e. The van der Waals surface area contributed by atoms with Crippen LogP contribution in [0.2, 0.25) is 0 Å². The number of rotatable bonds is 7. The van der Waals surface area contributed by atoms with E-state index in [4.69, 9.17) is 14.6 Å². The van der Waals surface area contributed by atoms with Gasteiger partial charge in [0.1, 0.15) is 16.4 Å². The highest BCUT2D eigenvalue weighted by Gasteiger charge is 2.22. The van der Waals surface area contributed by atoms with Gasteiger partial charge in [-0.2, -0.15) is 0 Å². The van der Waals surface area contributed by atoms with Crippen molar-refractivity contribution in [2.75, 3.05) is 25.2 Å². The maximum absolute atomic E-state index is 12.8. The summed E-state index contributed by atoms with van der Waals surface area (Å²) in [5.41, 5.74) is 0.355. The molecule has 2 aromatic carbocycles. The van der Waals surface area contributed by atoms with Crippen molar-refractivity contribution in [3.05, 3.63) is 42.0 Å². The van der Waals surface area contributed by atoms with Crippen molar-refractivity contribution in [2.45, 2.75) is 9.79 Å². The van der Waals surface area contributed by atoms with Gasteiger partial charge >= 0.3 is 5.97 Å². The van der Waals surface area contributed by atoms with E-state index in [0.717, 1.165) is 0 Å². The van der Waals surface area contributed by atoms with E-state index in [1.807, 2.05) is 0 Å². The molecule has 2 N–H and O–H groups in total. The molecule has 2 rings (SSSR count). The van der Waals surface area contributed by atoms with E-state index in [2.05, 4.69) is 4.72 Å². The number of sulfonamides is 1. The molecule has 0 aromatic heterocycles. The van der Waals surface area contributed by atoms with Crippen LogP contribution in [0.25, 0.3) is 0 Å². The van der Waals surface area contributed by atoms with Gasteiger partial charge in [0.2, 0.25) is 0 Å². The van der Waals surface area contributed by atoms with Gasteiger partial charge in [-0.15, -0.1) is 11.8 Å². The molecule has 0 aliphatic rings. The van der Waals surface area contributed by atoms with Crippen LogP contribution in [0, 0.1) is 0 Å². The van der Waals surface area contributed by atoms with Crippen LogP contribution in [0.15, 0.2) is 46.2 Å². The van der Waals surface area contributed by atoms with E-state index >= 15 is 0 Å². The molecular formula is C16H17NO6S2. The molecule has 0 unspecified atom stereocenters. The molecule has 0 amide bonds. The molecule has 0 bridgehead atoms. The predicted molar refractivity (Wildman–Crippen MR) is 95.5 cm³/mol. The number of carboxylic acid groups (broad SMARTS) is 1. The average molecular weight is 383 g/mol. The fraction of sp³-hybridized carbons (Fsp3) is 0.188. The minimum Gasteiger partial charge on any atom is -0.497 e. The fourth-order valence-electron chi connectivity index (χ4n) is 2.10. The zero-order valence-electron chi connectivity index (χ0n) is 13.8. The van der Waals surface area contributed by atoms with E-state index < -0.39 is 16.0 Å². The van der Waals surface area contributed by atoms with Crippen molar-refractivity contribution in [1.29, 1.82) is 0 Å². The Morgan fingerprint density at radius 3 is 2.40 bits per heavy atom. The molecule has 0 atom stereocenters. The molecule has 134 valence electrons. The summed E-state index contributed by atoms with van der Waals surface area (Å²) in [6.45, 7) is 0. The molecule has 9 heteroatoms. The number of ether oxygens (including phenoxy) is 2. The molecule has 0 saturated carbocycles. The van der Waals surface area contributed by atoms with Gasteiger partial charge in [0.25, 0.3) is 10.0 Å². The third kappa shape index (κ3) is 4.18. The van der Waals surface area contributed by atoms with Gasteiger partial charge in [0.05, 0.1) is 25.5 Å². The van der Waals surface area contributed by atoms with Crippen LogP contribution in [-0.4, -0.2) is 40.0 Å². The third-order valence-electron chi connectivity index (χ3n) is 3.35. The minimum atomic E-state index is -3.97.